The van der Waals surface area contributed by atoms with Crippen molar-refractivity contribution in [2.75, 3.05) is 6.61 Å². The number of non-ortho nitro benzene ring substituents is 1. The van der Waals surface area contributed by atoms with Gasteiger partial charge in [-0.15, -0.1) is 0 Å². The Hall–Kier alpha value is -3.96. The zero-order valence-electron chi connectivity index (χ0n) is 16.2. The third-order valence-corrected chi connectivity index (χ3v) is 4.46. The molecule has 3 N–H and O–H groups in total. The fourth-order valence-electron chi connectivity index (χ4n) is 2.44. The van der Waals surface area contributed by atoms with Crippen molar-refractivity contribution in [2.45, 2.75) is 0 Å². The maximum Gasteiger partial charge on any atom is 0.293 e. The first-order valence-electron chi connectivity index (χ1n) is 8.95. The molecule has 3 aromatic rings. The van der Waals surface area contributed by atoms with Crippen LogP contribution >= 0.6 is 23.8 Å². The van der Waals surface area contributed by atoms with E-state index in [9.17, 15) is 19.7 Å². The topological polar surface area (TPSA) is 136 Å². The van der Waals surface area contributed by atoms with Gasteiger partial charge in [0.25, 0.3) is 17.5 Å². The molecule has 3 rings (SSSR count). The number of rotatable bonds is 6. The Morgan fingerprint density at radius 3 is 2.47 bits per heavy atom. The number of amides is 2. The molecule has 1 aromatic heterocycles. The van der Waals surface area contributed by atoms with Crippen LogP contribution in [0.2, 0.25) is 5.02 Å². The zero-order chi connectivity index (χ0) is 23.1. The lowest BCUT2D eigenvalue weighted by Crippen LogP contribution is -2.49. The maximum atomic E-state index is 12.3. The summed E-state index contributed by atoms with van der Waals surface area (Å²) in [5, 5.41) is 13.3. The number of carbonyl (C=O) groups is 2. The van der Waals surface area contributed by atoms with Gasteiger partial charge in [0.05, 0.1) is 9.95 Å². The van der Waals surface area contributed by atoms with Gasteiger partial charge in [-0.05, 0) is 48.6 Å². The third kappa shape index (κ3) is 6.03. The van der Waals surface area contributed by atoms with Crippen LogP contribution in [0.4, 0.5) is 5.69 Å². The molecule has 0 spiro atoms. The number of hydrogen-bond donors (Lipinski definition) is 3. The maximum absolute atomic E-state index is 12.3. The first-order chi connectivity index (χ1) is 15.3. The molecule has 1 heterocycles. The van der Waals surface area contributed by atoms with E-state index in [1.54, 1.807) is 30.3 Å². The third-order valence-electron chi connectivity index (χ3n) is 3.93. The van der Waals surface area contributed by atoms with Gasteiger partial charge in [-0.25, -0.2) is 0 Å². The van der Waals surface area contributed by atoms with Crippen LogP contribution in [0.1, 0.15) is 10.6 Å². The van der Waals surface area contributed by atoms with Crippen molar-refractivity contribution >= 4 is 46.4 Å². The van der Waals surface area contributed by atoms with Crippen LogP contribution in [-0.4, -0.2) is 28.5 Å². The molecule has 0 aliphatic rings. The number of furan rings is 1. The molecule has 32 heavy (non-hydrogen) atoms. The fourth-order valence-corrected chi connectivity index (χ4v) is 2.81. The van der Waals surface area contributed by atoms with Crippen LogP contribution in [0.5, 0.6) is 5.75 Å². The lowest BCUT2D eigenvalue weighted by Gasteiger charge is -2.10. The van der Waals surface area contributed by atoms with Crippen LogP contribution in [0, 0.1) is 10.1 Å². The van der Waals surface area contributed by atoms with Crippen molar-refractivity contribution in [3.63, 3.8) is 0 Å². The van der Waals surface area contributed by atoms with E-state index in [0.29, 0.717) is 16.3 Å². The van der Waals surface area contributed by atoms with Gasteiger partial charge in [0.2, 0.25) is 0 Å². The molecule has 0 saturated heterocycles. The number of nitrogens with one attached hydrogen (secondary N) is 3. The Kier molecular flexibility index (Phi) is 7.37. The Labute approximate surface area is 191 Å². The Morgan fingerprint density at radius 2 is 1.78 bits per heavy atom. The van der Waals surface area contributed by atoms with Crippen LogP contribution in [-0.2, 0) is 4.79 Å². The Balaban J connectivity index is 1.44. The minimum absolute atomic E-state index is 0.00287. The molecule has 10 nitrogen and oxygen atoms in total. The number of hydrazine groups is 1. The van der Waals surface area contributed by atoms with E-state index in [0.717, 1.165) is 0 Å². The molecule has 2 amide bonds. The molecule has 0 fully saturated rings. The van der Waals surface area contributed by atoms with Gasteiger partial charge in [0.15, 0.2) is 17.5 Å². The summed E-state index contributed by atoms with van der Waals surface area (Å²) in [6, 6.07) is 15.3. The van der Waals surface area contributed by atoms with E-state index in [4.69, 9.17) is 33.0 Å². The van der Waals surface area contributed by atoms with Crippen molar-refractivity contribution < 1.29 is 23.7 Å². The van der Waals surface area contributed by atoms with Gasteiger partial charge < -0.3 is 9.15 Å². The van der Waals surface area contributed by atoms with Gasteiger partial charge in [0, 0.05) is 17.7 Å². The average Bonchev–Trinajstić information content (AvgIpc) is 3.27. The number of ether oxygens (including phenoxy) is 1. The monoisotopic (exact) mass is 474 g/mol. The number of benzene rings is 2. The minimum Gasteiger partial charge on any atom is -0.484 e. The van der Waals surface area contributed by atoms with Gasteiger partial charge >= 0.3 is 0 Å². The van der Waals surface area contributed by atoms with Gasteiger partial charge in [-0.3, -0.25) is 35.9 Å². The van der Waals surface area contributed by atoms with Crippen LogP contribution in [0.15, 0.2) is 65.1 Å². The molecule has 0 bridgehead atoms. The second-order valence-corrected chi connectivity index (χ2v) is 6.96. The van der Waals surface area contributed by atoms with Crippen molar-refractivity contribution in [1.29, 1.82) is 0 Å². The number of nitro groups is 1. The summed E-state index contributed by atoms with van der Waals surface area (Å²) in [6.07, 6.45) is 0. The number of carbonyl (C=O) groups excluding carboxylic acids is 2. The predicted octanol–water partition coefficient (Wildman–Crippen LogP) is 3.22. The van der Waals surface area contributed by atoms with E-state index in [-0.39, 0.29) is 28.9 Å². The van der Waals surface area contributed by atoms with E-state index in [1.807, 2.05) is 0 Å². The van der Waals surface area contributed by atoms with Gasteiger partial charge in [0.1, 0.15) is 11.5 Å². The lowest BCUT2D eigenvalue weighted by atomic mass is 10.2. The highest BCUT2D eigenvalue weighted by Gasteiger charge is 2.15. The first-order valence-corrected chi connectivity index (χ1v) is 9.74. The van der Waals surface area contributed by atoms with E-state index >= 15 is 0 Å². The first kappa shape index (κ1) is 22.7. The molecular weight excluding hydrogens is 460 g/mol. The molecule has 0 saturated carbocycles. The number of thiocarbonyl (C=S) groups is 1. The van der Waals surface area contributed by atoms with Crippen molar-refractivity contribution in [2.24, 2.45) is 0 Å². The molecule has 12 heteroatoms. The summed E-state index contributed by atoms with van der Waals surface area (Å²) in [4.78, 5) is 34.2. The molecule has 0 aliphatic carbocycles. The quantitative estimate of drug-likeness (QED) is 0.281. The number of nitrogens with zero attached hydrogens (tertiary/aromatic N) is 1. The van der Waals surface area contributed by atoms with Crippen LogP contribution in [0.25, 0.3) is 11.3 Å². The average molecular weight is 475 g/mol. The fraction of sp³-hybridized carbons (Fsp3) is 0.0500. The standard InChI is InChI=1S/C20H15ClN4O6S/c21-15-4-2-1-3-14(15)16-9-10-17(31-16)19(27)22-20(32)24-23-18(26)11-30-13-7-5-12(6-8-13)25(28)29/h1-10H,11H2,(H,23,26)(H2,22,24,27,32). The summed E-state index contributed by atoms with van der Waals surface area (Å²) < 4.78 is 10.7. The highest BCUT2D eigenvalue weighted by Crippen LogP contribution is 2.29. The highest BCUT2D eigenvalue weighted by atomic mass is 35.5. The van der Waals surface area contributed by atoms with Gasteiger partial charge in [-0.2, -0.15) is 0 Å². The summed E-state index contributed by atoms with van der Waals surface area (Å²) >= 11 is 11.1. The summed E-state index contributed by atoms with van der Waals surface area (Å²) in [5.41, 5.74) is 5.15. The summed E-state index contributed by atoms with van der Waals surface area (Å²) in [5.74, 6) is -0.543. The SMILES string of the molecule is O=C(COc1ccc([N+](=O)[O-])cc1)NNC(=S)NC(=O)c1ccc(-c2ccccc2Cl)o1. The molecular formula is C20H15ClN4O6S. The molecule has 0 atom stereocenters. The molecule has 0 unspecified atom stereocenters. The van der Waals surface area contributed by atoms with Crippen LogP contribution < -0.4 is 20.9 Å². The molecule has 0 aliphatic heterocycles. The lowest BCUT2D eigenvalue weighted by molar-refractivity contribution is -0.384. The zero-order valence-corrected chi connectivity index (χ0v) is 17.7. The second kappa shape index (κ2) is 10.4. The van der Waals surface area contributed by atoms with Crippen molar-refractivity contribution in [1.82, 2.24) is 16.2 Å². The Bertz CT molecular complexity index is 1160. The second-order valence-electron chi connectivity index (χ2n) is 6.14. The number of hydrogen-bond acceptors (Lipinski definition) is 7. The van der Waals surface area contributed by atoms with E-state index in [2.05, 4.69) is 16.2 Å². The normalized spacial score (nSPS) is 10.2. The van der Waals surface area contributed by atoms with E-state index in [1.165, 1.54) is 30.3 Å². The summed E-state index contributed by atoms with van der Waals surface area (Å²) in [6.45, 7) is -0.388. The van der Waals surface area contributed by atoms with Crippen molar-refractivity contribution in [3.05, 3.63) is 81.6 Å². The van der Waals surface area contributed by atoms with Crippen LogP contribution in [0.3, 0.4) is 0 Å². The Morgan fingerprint density at radius 1 is 1.06 bits per heavy atom. The summed E-state index contributed by atoms with van der Waals surface area (Å²) in [7, 11) is 0. The van der Waals surface area contributed by atoms with Gasteiger partial charge in [-0.1, -0.05) is 23.7 Å². The number of nitro benzene ring substituents is 1. The molecule has 2 aromatic carbocycles. The molecule has 0 radical (unpaired) electrons. The molecule has 164 valence electrons. The van der Waals surface area contributed by atoms with Crippen molar-refractivity contribution in [3.8, 4) is 17.1 Å². The smallest absolute Gasteiger partial charge is 0.293 e. The largest absolute Gasteiger partial charge is 0.484 e. The van der Waals surface area contributed by atoms with E-state index < -0.39 is 16.7 Å². The highest BCUT2D eigenvalue weighted by molar-refractivity contribution is 7.80. The number of halogens is 1. The predicted molar refractivity (Wildman–Crippen MR) is 119 cm³/mol. The minimum atomic E-state index is -0.628.